The molecule has 0 aliphatic carbocycles. The van der Waals surface area contributed by atoms with Gasteiger partial charge < -0.3 is 9.94 Å². The Morgan fingerprint density at radius 1 is 1.04 bits per heavy atom. The molecular weight excluding hydrogens is 702 g/mol. The van der Waals surface area contributed by atoms with Crippen LogP contribution in [-0.4, -0.2) is 27.8 Å². The molecule has 0 radical (unpaired) electrons. The highest BCUT2D eigenvalue weighted by Gasteiger charge is 2.33. The SMILES string of the molecule is CC(=O)O[C@@H](C)C(NO)c1c(I)c(C(=O)Cl)c(I)c(C(=O)Cl)c1I. The molecule has 0 bridgehead atoms. The molecule has 0 aromatic heterocycles. The maximum atomic E-state index is 11.8. The molecule has 2 atom stereocenters. The molecule has 0 heterocycles. The molecule has 0 saturated heterocycles. The Morgan fingerprint density at radius 3 is 1.75 bits per heavy atom. The summed E-state index contributed by atoms with van der Waals surface area (Å²) in [5.41, 5.74) is 2.66. The number of benzene rings is 1. The predicted octanol–water partition coefficient (Wildman–Crippen LogP) is 4.23. The minimum atomic E-state index is -0.894. The lowest BCUT2D eigenvalue weighted by atomic mass is 9.98. The Morgan fingerprint density at radius 2 is 1.46 bits per heavy atom. The zero-order valence-electron chi connectivity index (χ0n) is 12.1. The molecule has 2 N–H and O–H groups in total. The van der Waals surface area contributed by atoms with E-state index < -0.39 is 28.6 Å². The number of esters is 1. The van der Waals surface area contributed by atoms with Gasteiger partial charge in [0.05, 0.1) is 17.2 Å². The largest absolute Gasteiger partial charge is 0.461 e. The zero-order chi connectivity index (χ0) is 18.8. The number of ether oxygens (including phenoxy) is 1. The van der Waals surface area contributed by atoms with E-state index in [9.17, 15) is 19.6 Å². The van der Waals surface area contributed by atoms with Crippen LogP contribution in [0.15, 0.2) is 0 Å². The summed E-state index contributed by atoms with van der Waals surface area (Å²) in [5, 5.41) is 8.02. The van der Waals surface area contributed by atoms with Crippen molar-refractivity contribution >= 4 is 107 Å². The lowest BCUT2D eigenvalue weighted by Gasteiger charge is -2.26. The zero-order valence-corrected chi connectivity index (χ0v) is 20.1. The molecule has 1 aromatic carbocycles. The van der Waals surface area contributed by atoms with Crippen molar-refractivity contribution in [3.8, 4) is 0 Å². The molecule has 1 unspecified atom stereocenters. The van der Waals surface area contributed by atoms with Crippen LogP contribution in [-0.2, 0) is 9.53 Å². The van der Waals surface area contributed by atoms with Gasteiger partial charge in [-0.1, -0.05) is 0 Å². The summed E-state index contributed by atoms with van der Waals surface area (Å²) in [6.07, 6.45) is -0.786. The van der Waals surface area contributed by atoms with E-state index in [4.69, 9.17) is 27.9 Å². The van der Waals surface area contributed by atoms with E-state index in [0.717, 1.165) is 0 Å². The van der Waals surface area contributed by atoms with Crippen molar-refractivity contribution in [2.45, 2.75) is 26.0 Å². The number of nitrogens with one attached hydrogen (secondary N) is 1. The Bertz CT molecular complexity index is 672. The fourth-order valence-electron chi connectivity index (χ4n) is 2.04. The Labute approximate surface area is 188 Å². The predicted molar refractivity (Wildman–Crippen MR) is 114 cm³/mol. The van der Waals surface area contributed by atoms with E-state index in [-0.39, 0.29) is 11.1 Å². The van der Waals surface area contributed by atoms with Gasteiger partial charge in [0, 0.05) is 23.2 Å². The first-order valence-corrected chi connectivity index (χ1v) is 10.2. The van der Waals surface area contributed by atoms with Crippen molar-refractivity contribution in [3.05, 3.63) is 27.4 Å². The average Bonchev–Trinajstić information content (AvgIpc) is 2.41. The van der Waals surface area contributed by atoms with Crippen LogP contribution in [0.1, 0.15) is 46.2 Å². The lowest BCUT2D eigenvalue weighted by Crippen LogP contribution is -2.33. The fourth-order valence-corrected chi connectivity index (χ4v) is 7.87. The van der Waals surface area contributed by atoms with Gasteiger partial charge in [0.25, 0.3) is 10.5 Å². The highest BCUT2D eigenvalue weighted by molar-refractivity contribution is 14.1. The first kappa shape index (κ1) is 22.8. The number of halogens is 5. The Hall–Kier alpha value is 0.720. The molecule has 0 fully saturated rings. The molecule has 0 aliphatic rings. The van der Waals surface area contributed by atoms with Crippen LogP contribution in [0.2, 0.25) is 0 Å². The highest BCUT2D eigenvalue weighted by Crippen LogP contribution is 2.38. The molecule has 6 nitrogen and oxygen atoms in total. The van der Waals surface area contributed by atoms with Gasteiger partial charge in [-0.2, -0.15) is 5.48 Å². The van der Waals surface area contributed by atoms with Gasteiger partial charge in [-0.05, 0) is 97.9 Å². The summed E-state index contributed by atoms with van der Waals surface area (Å²) in [7, 11) is 0. The van der Waals surface area contributed by atoms with Crippen molar-refractivity contribution in [1.82, 2.24) is 5.48 Å². The first-order chi connectivity index (χ1) is 11.0. The summed E-state index contributed by atoms with van der Waals surface area (Å²) in [6, 6.07) is -0.894. The molecule has 0 spiro atoms. The molecular formula is C13H10Cl2I3NO5. The summed E-state index contributed by atoms with van der Waals surface area (Å²) in [5.74, 6) is -0.541. The van der Waals surface area contributed by atoms with Gasteiger partial charge in [0.2, 0.25) is 0 Å². The third-order valence-corrected chi connectivity index (χ3v) is 6.71. The smallest absolute Gasteiger partial charge is 0.302 e. The van der Waals surface area contributed by atoms with Gasteiger partial charge in [0.1, 0.15) is 6.10 Å². The summed E-state index contributed by atoms with van der Waals surface area (Å²) >= 11 is 16.9. The maximum absolute atomic E-state index is 11.8. The lowest BCUT2D eigenvalue weighted by molar-refractivity contribution is -0.148. The van der Waals surface area contributed by atoms with Gasteiger partial charge in [-0.3, -0.25) is 14.4 Å². The number of rotatable bonds is 6. The van der Waals surface area contributed by atoms with Gasteiger partial charge in [-0.15, -0.1) is 0 Å². The topological polar surface area (TPSA) is 92.7 Å². The quantitative estimate of drug-likeness (QED) is 0.199. The first-order valence-electron chi connectivity index (χ1n) is 6.21. The molecule has 24 heavy (non-hydrogen) atoms. The van der Waals surface area contributed by atoms with Crippen LogP contribution in [0.5, 0.6) is 0 Å². The maximum Gasteiger partial charge on any atom is 0.302 e. The minimum absolute atomic E-state index is 0.104. The van der Waals surface area contributed by atoms with E-state index in [2.05, 4.69) is 5.48 Å². The van der Waals surface area contributed by atoms with Gasteiger partial charge in [0.15, 0.2) is 0 Å². The second-order valence-corrected chi connectivity index (χ2v) is 8.50. The van der Waals surface area contributed by atoms with Crippen molar-refractivity contribution in [2.75, 3.05) is 0 Å². The van der Waals surface area contributed by atoms with Crippen LogP contribution < -0.4 is 5.48 Å². The molecule has 11 heteroatoms. The molecule has 0 amide bonds. The normalized spacial score (nSPS) is 13.3. The molecule has 1 rings (SSSR count). The summed E-state index contributed by atoms with van der Waals surface area (Å²) in [6.45, 7) is 2.79. The second kappa shape index (κ2) is 9.60. The van der Waals surface area contributed by atoms with Crippen LogP contribution in [0, 0.1) is 10.7 Å². The number of carbonyl (C=O) groups is 3. The molecule has 0 saturated carbocycles. The molecule has 0 aliphatic heterocycles. The second-order valence-electron chi connectivity index (χ2n) is 4.57. The van der Waals surface area contributed by atoms with E-state index >= 15 is 0 Å². The molecule has 1 aromatic rings. The van der Waals surface area contributed by atoms with Crippen LogP contribution >= 0.6 is 91.0 Å². The Kier molecular flexibility index (Phi) is 9.10. The third kappa shape index (κ3) is 4.91. The van der Waals surface area contributed by atoms with Crippen molar-refractivity contribution < 1.29 is 24.3 Å². The van der Waals surface area contributed by atoms with E-state index in [0.29, 0.717) is 16.3 Å². The van der Waals surface area contributed by atoms with E-state index in [1.54, 1.807) is 6.92 Å². The number of carbonyl (C=O) groups excluding carboxylic acids is 3. The summed E-state index contributed by atoms with van der Waals surface area (Å²) in [4.78, 5) is 34.8. The third-order valence-electron chi connectivity index (χ3n) is 3.02. The number of hydroxylamine groups is 1. The fraction of sp³-hybridized carbons (Fsp3) is 0.308. The summed E-state index contributed by atoms with van der Waals surface area (Å²) < 4.78 is 6.26. The standard InChI is InChI=1S/C13H10Cl2I3NO5/c1-3(24-4(2)20)11(19-23)5-8(16)6(12(14)21)10(18)7(9(5)17)13(15)22/h3,11,19,23H,1-2H3/t3-,11?/m0/s1. The van der Waals surface area contributed by atoms with Crippen molar-refractivity contribution in [2.24, 2.45) is 0 Å². The molecule has 132 valence electrons. The van der Waals surface area contributed by atoms with E-state index in [1.165, 1.54) is 6.92 Å². The minimum Gasteiger partial charge on any atom is -0.461 e. The van der Waals surface area contributed by atoms with Crippen molar-refractivity contribution in [3.63, 3.8) is 0 Å². The van der Waals surface area contributed by atoms with Crippen LogP contribution in [0.3, 0.4) is 0 Å². The van der Waals surface area contributed by atoms with Gasteiger partial charge >= 0.3 is 5.97 Å². The van der Waals surface area contributed by atoms with E-state index in [1.807, 2.05) is 67.8 Å². The monoisotopic (exact) mass is 711 g/mol. The Balaban J connectivity index is 3.76. The van der Waals surface area contributed by atoms with Gasteiger partial charge in [-0.25, -0.2) is 0 Å². The average molecular weight is 712 g/mol. The van der Waals surface area contributed by atoms with Crippen molar-refractivity contribution in [1.29, 1.82) is 0 Å². The van der Waals surface area contributed by atoms with Crippen LogP contribution in [0.25, 0.3) is 0 Å². The number of hydrogen-bond acceptors (Lipinski definition) is 6. The highest BCUT2D eigenvalue weighted by atomic mass is 127. The van der Waals surface area contributed by atoms with Crippen LogP contribution in [0.4, 0.5) is 0 Å². The number of hydrogen-bond donors (Lipinski definition) is 2.